The van der Waals surface area contributed by atoms with Gasteiger partial charge in [0.1, 0.15) is 11.5 Å². The lowest BCUT2D eigenvalue weighted by Gasteiger charge is -2.14. The van der Waals surface area contributed by atoms with E-state index in [9.17, 15) is 9.90 Å². The highest BCUT2D eigenvalue weighted by Crippen LogP contribution is 2.34. The van der Waals surface area contributed by atoms with Crippen LogP contribution < -0.4 is 0 Å². The quantitative estimate of drug-likeness (QED) is 0.937. The fraction of sp³-hybridized carbons (Fsp3) is 0.529. The van der Waals surface area contributed by atoms with Crippen LogP contribution in [0.4, 0.5) is 0 Å². The first-order valence-corrected chi connectivity index (χ1v) is 9.19. The van der Waals surface area contributed by atoms with Crippen molar-refractivity contribution in [3.63, 3.8) is 0 Å². The monoisotopic (exact) mass is 331 g/mol. The summed E-state index contributed by atoms with van der Waals surface area (Å²) in [5.74, 6) is 1.38. The molecular weight excluding hydrogens is 310 g/mol. The number of imidazole rings is 1. The number of amides is 1. The van der Waals surface area contributed by atoms with Gasteiger partial charge in [0.2, 0.25) is 0 Å². The predicted molar refractivity (Wildman–Crippen MR) is 88.7 cm³/mol. The van der Waals surface area contributed by atoms with E-state index in [1.165, 1.54) is 5.56 Å². The summed E-state index contributed by atoms with van der Waals surface area (Å²) in [4.78, 5) is 19.2. The van der Waals surface area contributed by atoms with E-state index >= 15 is 0 Å². The van der Waals surface area contributed by atoms with Gasteiger partial charge in [-0.1, -0.05) is 0 Å². The highest BCUT2D eigenvalue weighted by atomic mass is 32.1. The summed E-state index contributed by atoms with van der Waals surface area (Å²) in [5, 5.41) is 13.9. The van der Waals surface area contributed by atoms with Crippen molar-refractivity contribution >= 4 is 17.2 Å². The Bertz CT molecular complexity index is 671. The number of aryl methyl sites for hydroxylation is 2. The number of fused-ring (bicyclic) bond motifs is 1. The molecule has 23 heavy (non-hydrogen) atoms. The molecule has 1 amide bonds. The van der Waals surface area contributed by atoms with Crippen LogP contribution in [0.5, 0.6) is 0 Å². The lowest BCUT2D eigenvalue weighted by molar-refractivity contribution is 0.0776. The topological polar surface area (TPSA) is 58.4 Å². The Morgan fingerprint density at radius 2 is 2.30 bits per heavy atom. The van der Waals surface area contributed by atoms with Gasteiger partial charge in [-0.2, -0.15) is 11.3 Å². The summed E-state index contributed by atoms with van der Waals surface area (Å²) >= 11 is 1.66. The molecule has 1 fully saturated rings. The molecule has 0 spiro atoms. The molecule has 5 nitrogen and oxygen atoms in total. The van der Waals surface area contributed by atoms with Crippen molar-refractivity contribution in [2.24, 2.45) is 5.92 Å². The van der Waals surface area contributed by atoms with Gasteiger partial charge in [0, 0.05) is 50.7 Å². The number of aliphatic hydroxyl groups is 1. The van der Waals surface area contributed by atoms with Crippen molar-refractivity contribution in [1.29, 1.82) is 0 Å². The highest BCUT2D eigenvalue weighted by Gasteiger charge is 2.37. The Morgan fingerprint density at radius 1 is 1.39 bits per heavy atom. The molecule has 0 saturated carbocycles. The minimum atomic E-state index is 0.00285. The number of hydrogen-bond acceptors (Lipinski definition) is 4. The summed E-state index contributed by atoms with van der Waals surface area (Å²) in [6.45, 7) is 2.36. The lowest BCUT2D eigenvalue weighted by atomic mass is 9.92. The van der Waals surface area contributed by atoms with Crippen LogP contribution in [0.2, 0.25) is 0 Å². The fourth-order valence-corrected chi connectivity index (χ4v) is 4.49. The number of thiophene rings is 1. The van der Waals surface area contributed by atoms with Crippen LogP contribution in [0, 0.1) is 5.92 Å². The van der Waals surface area contributed by atoms with Crippen LogP contribution in [0.25, 0.3) is 0 Å². The molecular formula is C17H21N3O2S. The van der Waals surface area contributed by atoms with Crippen molar-refractivity contribution in [3.05, 3.63) is 40.1 Å². The maximum Gasteiger partial charge on any atom is 0.274 e. The van der Waals surface area contributed by atoms with Gasteiger partial charge in [0.25, 0.3) is 5.91 Å². The normalized spacial score (nSPS) is 24.0. The van der Waals surface area contributed by atoms with Crippen molar-refractivity contribution in [1.82, 2.24) is 14.5 Å². The molecule has 4 heterocycles. The average molecular weight is 331 g/mol. The van der Waals surface area contributed by atoms with Gasteiger partial charge in [-0.3, -0.25) is 4.79 Å². The molecule has 0 unspecified atom stereocenters. The zero-order chi connectivity index (χ0) is 15.8. The number of likely N-dealkylation sites (tertiary alicyclic amines) is 1. The summed E-state index contributed by atoms with van der Waals surface area (Å²) < 4.78 is 2.12. The van der Waals surface area contributed by atoms with Crippen LogP contribution >= 0.6 is 11.3 Å². The number of carbonyl (C=O) groups is 1. The van der Waals surface area contributed by atoms with Gasteiger partial charge in [-0.15, -0.1) is 0 Å². The highest BCUT2D eigenvalue weighted by molar-refractivity contribution is 7.08. The molecule has 2 aliphatic rings. The molecule has 1 saturated heterocycles. The Labute approximate surface area is 139 Å². The average Bonchev–Trinajstić information content (AvgIpc) is 3.30. The van der Waals surface area contributed by atoms with Gasteiger partial charge >= 0.3 is 0 Å². The molecule has 2 aliphatic heterocycles. The molecule has 2 atom stereocenters. The number of nitrogens with zero attached hydrogens (tertiary/aromatic N) is 3. The van der Waals surface area contributed by atoms with Gasteiger partial charge in [0.05, 0.1) is 0 Å². The zero-order valence-electron chi connectivity index (χ0n) is 13.0. The molecule has 4 rings (SSSR count). The largest absolute Gasteiger partial charge is 0.396 e. The Hall–Kier alpha value is -1.66. The number of carbonyl (C=O) groups excluding carboxylic acids is 1. The molecule has 0 bridgehead atoms. The number of aromatic nitrogens is 2. The second-order valence-corrected chi connectivity index (χ2v) is 7.29. The third kappa shape index (κ3) is 2.70. The first-order chi connectivity index (χ1) is 11.3. The summed E-state index contributed by atoms with van der Waals surface area (Å²) in [7, 11) is 0. The third-order valence-corrected chi connectivity index (χ3v) is 5.76. The van der Waals surface area contributed by atoms with Gasteiger partial charge < -0.3 is 14.6 Å². The van der Waals surface area contributed by atoms with Crippen molar-refractivity contribution < 1.29 is 9.90 Å². The molecule has 122 valence electrons. The number of rotatable bonds is 3. The van der Waals surface area contributed by atoms with Crippen LogP contribution in [0.3, 0.4) is 0 Å². The Balaban J connectivity index is 1.54. The molecule has 1 N–H and O–H groups in total. The molecule has 0 radical (unpaired) electrons. The smallest absolute Gasteiger partial charge is 0.274 e. The number of aliphatic hydroxyl groups excluding tert-OH is 1. The van der Waals surface area contributed by atoms with E-state index in [1.54, 1.807) is 11.3 Å². The first-order valence-electron chi connectivity index (χ1n) is 8.24. The summed E-state index contributed by atoms with van der Waals surface area (Å²) in [6, 6.07) is 2.10. The van der Waals surface area contributed by atoms with Crippen molar-refractivity contribution in [2.75, 3.05) is 19.7 Å². The minimum Gasteiger partial charge on any atom is -0.396 e. The summed E-state index contributed by atoms with van der Waals surface area (Å²) in [6.07, 6.45) is 5.18. The first kappa shape index (κ1) is 14.9. The SMILES string of the molecule is O=C(c1cn2c(n1)CCCC2)N1C[C@@H](CO)[C@H](c2ccsc2)C1. The lowest BCUT2D eigenvalue weighted by Crippen LogP contribution is -2.29. The molecule has 6 heteroatoms. The van der Waals surface area contributed by atoms with E-state index in [1.807, 2.05) is 11.1 Å². The molecule has 0 aliphatic carbocycles. The van der Waals surface area contributed by atoms with Crippen LogP contribution in [-0.2, 0) is 13.0 Å². The predicted octanol–water partition coefficient (Wildman–Crippen LogP) is 2.13. The Morgan fingerprint density at radius 3 is 3.04 bits per heavy atom. The van der Waals surface area contributed by atoms with E-state index in [-0.39, 0.29) is 24.3 Å². The second-order valence-electron chi connectivity index (χ2n) is 6.51. The maximum absolute atomic E-state index is 12.8. The van der Waals surface area contributed by atoms with E-state index in [0.29, 0.717) is 18.8 Å². The second kappa shape index (κ2) is 6.09. The zero-order valence-corrected chi connectivity index (χ0v) is 13.8. The number of hydrogen-bond donors (Lipinski definition) is 1. The van der Waals surface area contributed by atoms with E-state index in [2.05, 4.69) is 26.4 Å². The van der Waals surface area contributed by atoms with Gasteiger partial charge in [-0.05, 0) is 35.2 Å². The Kier molecular flexibility index (Phi) is 3.95. The van der Waals surface area contributed by atoms with Crippen LogP contribution in [0.15, 0.2) is 23.0 Å². The maximum atomic E-state index is 12.8. The molecule has 2 aromatic heterocycles. The van der Waals surface area contributed by atoms with Crippen molar-refractivity contribution in [3.8, 4) is 0 Å². The fourth-order valence-electron chi connectivity index (χ4n) is 3.76. The van der Waals surface area contributed by atoms with Crippen LogP contribution in [-0.4, -0.2) is 45.2 Å². The standard InChI is InChI=1S/C17H21N3O2S/c21-10-13-7-20(8-14(13)12-4-6-23-11-12)17(22)15-9-19-5-2-1-3-16(19)18-15/h4,6,9,11,13-14,21H,1-3,5,7-8,10H2/t13-,14-/m0/s1. The van der Waals surface area contributed by atoms with Gasteiger partial charge in [-0.25, -0.2) is 4.98 Å². The minimum absolute atomic E-state index is 0.00285. The van der Waals surface area contributed by atoms with Crippen LogP contribution in [0.1, 0.15) is 40.6 Å². The molecule has 2 aromatic rings. The molecule has 0 aromatic carbocycles. The van der Waals surface area contributed by atoms with Gasteiger partial charge in [0.15, 0.2) is 0 Å². The third-order valence-electron chi connectivity index (χ3n) is 5.06. The van der Waals surface area contributed by atoms with E-state index in [4.69, 9.17) is 0 Å². The van der Waals surface area contributed by atoms with E-state index in [0.717, 1.165) is 31.6 Å². The summed E-state index contributed by atoms with van der Waals surface area (Å²) in [5.41, 5.74) is 1.79. The van der Waals surface area contributed by atoms with E-state index < -0.39 is 0 Å². The van der Waals surface area contributed by atoms with Crippen molar-refractivity contribution in [2.45, 2.75) is 31.7 Å².